The number of ether oxygens (including phenoxy) is 1. The normalized spacial score (nSPS) is 20.7. The SMILES string of the molecule is Cc1cc2[nH]c(=O)n(C3=CCN(C4(C#N)CCOCC4)CC3)c2cc1C. The van der Waals surface area contributed by atoms with E-state index in [-0.39, 0.29) is 5.69 Å². The van der Waals surface area contributed by atoms with E-state index in [1.54, 1.807) is 4.57 Å². The second kappa shape index (κ2) is 6.42. The molecule has 0 bridgehead atoms. The Labute approximate surface area is 152 Å². The topological polar surface area (TPSA) is 74.0 Å². The number of hydrogen-bond donors (Lipinski definition) is 1. The van der Waals surface area contributed by atoms with Crippen molar-refractivity contribution in [2.24, 2.45) is 0 Å². The third-order valence-corrected chi connectivity index (χ3v) is 5.90. The van der Waals surface area contributed by atoms with Gasteiger partial charge in [0.05, 0.1) is 17.1 Å². The lowest BCUT2D eigenvalue weighted by Gasteiger charge is -2.42. The maximum absolute atomic E-state index is 12.5. The molecular formula is C20H24N4O2. The number of nitriles is 1. The van der Waals surface area contributed by atoms with E-state index in [2.05, 4.69) is 41.9 Å². The highest BCUT2D eigenvalue weighted by Gasteiger charge is 2.39. The summed E-state index contributed by atoms with van der Waals surface area (Å²) in [5.74, 6) is 0. The smallest absolute Gasteiger partial charge is 0.330 e. The highest BCUT2D eigenvalue weighted by atomic mass is 16.5. The van der Waals surface area contributed by atoms with Gasteiger partial charge >= 0.3 is 5.69 Å². The molecular weight excluding hydrogens is 328 g/mol. The van der Waals surface area contributed by atoms with Crippen LogP contribution in [0.3, 0.4) is 0 Å². The average Bonchev–Trinajstić information content (AvgIpc) is 2.97. The molecule has 2 aliphatic rings. The molecule has 0 atom stereocenters. The Morgan fingerprint density at radius 2 is 1.96 bits per heavy atom. The van der Waals surface area contributed by atoms with E-state index in [0.717, 1.165) is 42.5 Å². The maximum atomic E-state index is 12.5. The Hall–Kier alpha value is -2.36. The molecule has 1 saturated heterocycles. The minimum atomic E-state index is -0.431. The number of H-pyrrole nitrogens is 1. The van der Waals surface area contributed by atoms with Crippen LogP contribution < -0.4 is 5.69 Å². The summed E-state index contributed by atoms with van der Waals surface area (Å²) in [6.07, 6.45) is 4.35. The Kier molecular flexibility index (Phi) is 4.22. The first-order valence-corrected chi connectivity index (χ1v) is 9.19. The minimum Gasteiger partial charge on any atom is -0.381 e. The number of nitrogens with zero attached hydrogens (tertiary/aromatic N) is 3. The van der Waals surface area contributed by atoms with Gasteiger partial charge in [0.2, 0.25) is 0 Å². The van der Waals surface area contributed by atoms with E-state index >= 15 is 0 Å². The van der Waals surface area contributed by atoms with Crippen LogP contribution in [0, 0.1) is 25.2 Å². The Morgan fingerprint density at radius 1 is 1.23 bits per heavy atom. The van der Waals surface area contributed by atoms with Crippen LogP contribution in [0.5, 0.6) is 0 Å². The summed E-state index contributed by atoms with van der Waals surface area (Å²) >= 11 is 0. The molecule has 1 aromatic carbocycles. The first kappa shape index (κ1) is 17.1. The van der Waals surface area contributed by atoms with Gasteiger partial charge in [0.1, 0.15) is 5.54 Å². The van der Waals surface area contributed by atoms with Gasteiger partial charge in [0.25, 0.3) is 0 Å². The molecule has 0 amide bonds. The van der Waals surface area contributed by atoms with Crippen LogP contribution in [-0.2, 0) is 4.74 Å². The van der Waals surface area contributed by atoms with Crippen LogP contribution in [-0.4, -0.2) is 46.3 Å². The molecule has 1 fully saturated rings. The predicted octanol–water partition coefficient (Wildman–Crippen LogP) is 2.57. The summed E-state index contributed by atoms with van der Waals surface area (Å²) in [6, 6.07) is 6.64. The lowest BCUT2D eigenvalue weighted by molar-refractivity contribution is 0.00467. The quantitative estimate of drug-likeness (QED) is 0.901. The fourth-order valence-corrected chi connectivity index (χ4v) is 4.11. The minimum absolute atomic E-state index is 0.0919. The summed E-state index contributed by atoms with van der Waals surface area (Å²) in [5, 5.41) is 9.76. The van der Waals surface area contributed by atoms with E-state index in [1.165, 1.54) is 11.1 Å². The van der Waals surface area contributed by atoms with Crippen molar-refractivity contribution in [2.45, 2.75) is 38.6 Å². The van der Waals surface area contributed by atoms with Gasteiger partial charge in [-0.05, 0) is 37.1 Å². The fraction of sp³-hybridized carbons (Fsp3) is 0.500. The van der Waals surface area contributed by atoms with E-state index < -0.39 is 5.54 Å². The molecule has 6 heteroatoms. The largest absolute Gasteiger partial charge is 0.381 e. The van der Waals surface area contributed by atoms with Gasteiger partial charge < -0.3 is 9.72 Å². The van der Waals surface area contributed by atoms with Crippen LogP contribution in [0.15, 0.2) is 23.0 Å². The van der Waals surface area contributed by atoms with Gasteiger partial charge in [0, 0.05) is 51.3 Å². The first-order valence-electron chi connectivity index (χ1n) is 9.19. The molecule has 6 nitrogen and oxygen atoms in total. The summed E-state index contributed by atoms with van der Waals surface area (Å²) in [4.78, 5) is 17.8. The number of aromatic nitrogens is 2. The second-order valence-electron chi connectivity index (χ2n) is 7.37. The van der Waals surface area contributed by atoms with Crippen molar-refractivity contribution in [1.29, 1.82) is 5.26 Å². The van der Waals surface area contributed by atoms with Crippen molar-refractivity contribution in [3.63, 3.8) is 0 Å². The predicted molar refractivity (Wildman–Crippen MR) is 101 cm³/mol. The lowest BCUT2D eigenvalue weighted by atomic mass is 9.88. The summed E-state index contributed by atoms with van der Waals surface area (Å²) in [5.41, 5.74) is 4.64. The van der Waals surface area contributed by atoms with Crippen molar-refractivity contribution >= 4 is 16.7 Å². The number of fused-ring (bicyclic) bond motifs is 1. The number of benzene rings is 1. The van der Waals surface area contributed by atoms with Crippen LogP contribution in [0.1, 0.15) is 30.4 Å². The Balaban J connectivity index is 1.67. The fourth-order valence-electron chi connectivity index (χ4n) is 4.11. The molecule has 2 aromatic rings. The van der Waals surface area contributed by atoms with Crippen molar-refractivity contribution < 1.29 is 4.74 Å². The number of nitrogens with one attached hydrogen (secondary N) is 1. The number of rotatable bonds is 2. The number of hydrogen-bond acceptors (Lipinski definition) is 4. The molecule has 0 unspecified atom stereocenters. The summed E-state index contributed by atoms with van der Waals surface area (Å²) < 4.78 is 7.23. The van der Waals surface area contributed by atoms with Gasteiger partial charge in [-0.1, -0.05) is 6.08 Å². The van der Waals surface area contributed by atoms with Gasteiger partial charge in [-0.15, -0.1) is 0 Å². The van der Waals surface area contributed by atoms with Crippen molar-refractivity contribution in [3.8, 4) is 6.07 Å². The molecule has 0 saturated carbocycles. The Bertz CT molecular complexity index is 970. The molecule has 136 valence electrons. The third kappa shape index (κ3) is 2.68. The third-order valence-electron chi connectivity index (χ3n) is 5.90. The van der Waals surface area contributed by atoms with Crippen molar-refractivity contribution in [3.05, 3.63) is 39.8 Å². The zero-order valence-corrected chi connectivity index (χ0v) is 15.3. The van der Waals surface area contributed by atoms with Crippen molar-refractivity contribution in [1.82, 2.24) is 14.5 Å². The van der Waals surface area contributed by atoms with E-state index in [9.17, 15) is 10.1 Å². The number of aromatic amines is 1. The van der Waals surface area contributed by atoms with Gasteiger partial charge in [0.15, 0.2) is 0 Å². The molecule has 2 aliphatic heterocycles. The Morgan fingerprint density at radius 3 is 2.62 bits per heavy atom. The number of imidazole rings is 1. The molecule has 3 heterocycles. The van der Waals surface area contributed by atoms with E-state index in [4.69, 9.17) is 4.74 Å². The standard InChI is InChI=1S/C20H24N4O2/c1-14-11-17-18(12-15(14)2)24(19(25)22-17)16-3-7-23(8-4-16)20(13-21)5-9-26-10-6-20/h3,11-12H,4-10H2,1-2H3,(H,22,25). The zero-order chi connectivity index (χ0) is 18.3. The average molecular weight is 352 g/mol. The van der Waals surface area contributed by atoms with Gasteiger partial charge in [-0.3, -0.25) is 9.47 Å². The van der Waals surface area contributed by atoms with Crippen LogP contribution in [0.2, 0.25) is 0 Å². The molecule has 26 heavy (non-hydrogen) atoms. The highest BCUT2D eigenvalue weighted by molar-refractivity contribution is 5.81. The van der Waals surface area contributed by atoms with Gasteiger partial charge in [-0.25, -0.2) is 4.79 Å². The summed E-state index contributed by atoms with van der Waals surface area (Å²) in [7, 11) is 0. The molecule has 0 aliphatic carbocycles. The first-order chi connectivity index (χ1) is 12.5. The van der Waals surface area contributed by atoms with Gasteiger partial charge in [-0.2, -0.15) is 5.26 Å². The number of aryl methyl sites for hydroxylation is 2. The zero-order valence-electron chi connectivity index (χ0n) is 15.3. The second-order valence-corrected chi connectivity index (χ2v) is 7.37. The van der Waals surface area contributed by atoms with Crippen molar-refractivity contribution in [2.75, 3.05) is 26.3 Å². The lowest BCUT2D eigenvalue weighted by Crippen LogP contribution is -2.52. The molecule has 4 rings (SSSR count). The molecule has 1 aromatic heterocycles. The highest BCUT2D eigenvalue weighted by Crippen LogP contribution is 2.31. The summed E-state index contributed by atoms with van der Waals surface area (Å²) in [6.45, 7) is 6.87. The monoisotopic (exact) mass is 352 g/mol. The maximum Gasteiger partial charge on any atom is 0.330 e. The molecule has 0 radical (unpaired) electrons. The van der Waals surface area contributed by atoms with Crippen LogP contribution in [0.4, 0.5) is 0 Å². The van der Waals surface area contributed by atoms with E-state index in [0.29, 0.717) is 19.8 Å². The molecule has 0 spiro atoms. The molecule has 1 N–H and O–H groups in total. The van der Waals surface area contributed by atoms with Crippen LogP contribution >= 0.6 is 0 Å². The van der Waals surface area contributed by atoms with Crippen LogP contribution in [0.25, 0.3) is 16.7 Å². The van der Waals surface area contributed by atoms with E-state index in [1.807, 2.05) is 6.07 Å².